The molecule has 3 heteroatoms. The zero-order valence-electron chi connectivity index (χ0n) is 12.5. The van der Waals surface area contributed by atoms with Crippen molar-refractivity contribution in [1.82, 2.24) is 0 Å². The minimum atomic E-state index is -0.565. The number of fused-ring (bicyclic) bond motifs is 5. The van der Waals surface area contributed by atoms with Gasteiger partial charge in [0, 0.05) is 0 Å². The minimum Gasteiger partial charge on any atom is -0.508 e. The molecule has 3 N–H and O–H groups in total. The quantitative estimate of drug-likeness (QED) is 0.687. The van der Waals surface area contributed by atoms with Crippen molar-refractivity contribution in [3.8, 4) is 5.75 Å². The largest absolute Gasteiger partial charge is 0.508 e. The van der Waals surface area contributed by atoms with Crippen molar-refractivity contribution in [2.45, 2.75) is 57.2 Å². The van der Waals surface area contributed by atoms with Crippen molar-refractivity contribution < 1.29 is 15.3 Å². The number of aliphatic hydroxyl groups is 2. The Hall–Kier alpha value is -1.06. The Morgan fingerprint density at radius 2 is 2.00 bits per heavy atom. The van der Waals surface area contributed by atoms with Gasteiger partial charge in [-0.05, 0) is 78.5 Å². The number of hydrogen-bond acceptors (Lipinski definition) is 3. The van der Waals surface area contributed by atoms with Crippen molar-refractivity contribution in [2.75, 3.05) is 0 Å². The van der Waals surface area contributed by atoms with Crippen LogP contribution in [0, 0.1) is 17.3 Å². The lowest BCUT2D eigenvalue weighted by atomic mass is 9.55. The summed E-state index contributed by atoms with van der Waals surface area (Å²) in [5.41, 5.74) is 2.57. The van der Waals surface area contributed by atoms with Gasteiger partial charge in [0.25, 0.3) is 0 Å². The van der Waals surface area contributed by atoms with Crippen LogP contribution >= 0.6 is 0 Å². The fraction of sp³-hybridized carbons (Fsp3) is 0.667. The second-order valence-electron chi connectivity index (χ2n) is 7.59. The third-order valence-corrected chi connectivity index (χ3v) is 6.68. The van der Waals surface area contributed by atoms with Gasteiger partial charge in [-0.1, -0.05) is 13.0 Å². The molecule has 0 saturated heterocycles. The summed E-state index contributed by atoms with van der Waals surface area (Å²) in [6, 6.07) is 5.80. The Morgan fingerprint density at radius 1 is 1.19 bits per heavy atom. The minimum absolute atomic E-state index is 0.116. The summed E-state index contributed by atoms with van der Waals surface area (Å²) in [7, 11) is 0. The van der Waals surface area contributed by atoms with Gasteiger partial charge in [0.2, 0.25) is 0 Å². The number of phenolic OH excluding ortho intramolecular Hbond substituents is 1. The third-order valence-electron chi connectivity index (χ3n) is 6.68. The molecule has 4 rings (SSSR count). The smallest absolute Gasteiger partial charge is 0.115 e. The maximum absolute atomic E-state index is 10.4. The highest BCUT2D eigenvalue weighted by atomic mass is 16.3. The molecule has 3 aliphatic rings. The van der Waals surface area contributed by atoms with Gasteiger partial charge < -0.3 is 15.3 Å². The fourth-order valence-corrected chi connectivity index (χ4v) is 5.56. The normalized spacial score (nSPS) is 44.8. The van der Waals surface area contributed by atoms with Gasteiger partial charge >= 0.3 is 0 Å². The molecular formula is C18H24O3. The van der Waals surface area contributed by atoms with Crippen LogP contribution < -0.4 is 0 Å². The Bertz CT molecular complexity index is 570. The first-order valence-corrected chi connectivity index (χ1v) is 8.18. The molecule has 0 bridgehead atoms. The maximum atomic E-state index is 10.4. The summed E-state index contributed by atoms with van der Waals surface area (Å²) >= 11 is 0. The number of hydrogen-bond donors (Lipinski definition) is 3. The Labute approximate surface area is 125 Å². The van der Waals surface area contributed by atoms with E-state index in [0.717, 1.165) is 32.1 Å². The molecule has 0 radical (unpaired) electrons. The first kappa shape index (κ1) is 13.6. The second-order valence-corrected chi connectivity index (χ2v) is 7.59. The van der Waals surface area contributed by atoms with E-state index >= 15 is 0 Å². The van der Waals surface area contributed by atoms with Crippen molar-refractivity contribution in [3.05, 3.63) is 29.3 Å². The zero-order chi connectivity index (χ0) is 14.8. The SMILES string of the molecule is C[C@]12CCC3c4ccc(O)cc4CC[C@H]3C1C[C@H](O)[C@@H]2O. The summed E-state index contributed by atoms with van der Waals surface area (Å²) < 4.78 is 0. The molecule has 3 nitrogen and oxygen atoms in total. The highest BCUT2D eigenvalue weighted by Crippen LogP contribution is 2.60. The monoisotopic (exact) mass is 288 g/mol. The molecule has 0 aliphatic heterocycles. The van der Waals surface area contributed by atoms with E-state index in [1.807, 2.05) is 6.07 Å². The van der Waals surface area contributed by atoms with Crippen molar-refractivity contribution in [1.29, 1.82) is 0 Å². The highest BCUT2D eigenvalue weighted by molar-refractivity contribution is 5.40. The van der Waals surface area contributed by atoms with E-state index in [1.54, 1.807) is 6.07 Å². The van der Waals surface area contributed by atoms with Gasteiger partial charge in [0.05, 0.1) is 12.2 Å². The molecule has 1 aromatic rings. The topological polar surface area (TPSA) is 60.7 Å². The van der Waals surface area contributed by atoms with Crippen LogP contribution in [0.25, 0.3) is 0 Å². The molecule has 0 aromatic heterocycles. The van der Waals surface area contributed by atoms with E-state index < -0.39 is 12.2 Å². The van der Waals surface area contributed by atoms with E-state index in [4.69, 9.17) is 0 Å². The lowest BCUT2D eigenvalue weighted by Gasteiger charge is -2.49. The predicted molar refractivity (Wildman–Crippen MR) is 80.1 cm³/mol. The van der Waals surface area contributed by atoms with Gasteiger partial charge in [0.15, 0.2) is 0 Å². The molecule has 2 fully saturated rings. The summed E-state index contributed by atoms with van der Waals surface area (Å²) in [5, 5.41) is 30.2. The number of aryl methyl sites for hydroxylation is 1. The molecule has 0 heterocycles. The number of rotatable bonds is 0. The first-order valence-electron chi connectivity index (χ1n) is 8.18. The standard InChI is InChI=1S/C18H24O3/c1-18-7-6-13-12-5-3-11(19)8-10(12)2-4-14(13)15(18)9-16(20)17(18)21/h3,5,8,13-17,19-21H,2,4,6-7,9H2,1H3/t13?,14-,15?,16+,17+,18+/m1/s1. The van der Waals surface area contributed by atoms with Crippen LogP contribution in [0.1, 0.15) is 49.7 Å². The number of aromatic hydroxyl groups is 1. The molecule has 1 aromatic carbocycles. The molecular weight excluding hydrogens is 264 g/mol. The fourth-order valence-electron chi connectivity index (χ4n) is 5.56. The van der Waals surface area contributed by atoms with Crippen molar-refractivity contribution in [3.63, 3.8) is 0 Å². The lowest BCUT2D eigenvalue weighted by molar-refractivity contribution is -0.0505. The zero-order valence-corrected chi connectivity index (χ0v) is 12.5. The summed E-state index contributed by atoms with van der Waals surface area (Å²) in [6.45, 7) is 2.17. The van der Waals surface area contributed by atoms with Crippen molar-refractivity contribution >= 4 is 0 Å². The predicted octanol–water partition coefficient (Wildman–Crippen LogP) is 2.58. The summed E-state index contributed by atoms with van der Waals surface area (Å²) in [4.78, 5) is 0. The summed E-state index contributed by atoms with van der Waals surface area (Å²) in [5.74, 6) is 1.88. The average Bonchev–Trinajstić information content (AvgIpc) is 2.70. The van der Waals surface area contributed by atoms with Crippen LogP contribution in [0.3, 0.4) is 0 Å². The van der Waals surface area contributed by atoms with Gasteiger partial charge in [-0.15, -0.1) is 0 Å². The van der Waals surface area contributed by atoms with Crippen LogP contribution in [-0.4, -0.2) is 27.5 Å². The molecule has 2 saturated carbocycles. The summed E-state index contributed by atoms with van der Waals surface area (Å²) in [6.07, 6.45) is 3.80. The number of aliphatic hydroxyl groups excluding tert-OH is 2. The Morgan fingerprint density at radius 3 is 2.81 bits per heavy atom. The maximum Gasteiger partial charge on any atom is 0.115 e. The highest BCUT2D eigenvalue weighted by Gasteiger charge is 2.57. The van der Waals surface area contributed by atoms with Gasteiger partial charge in [-0.3, -0.25) is 0 Å². The van der Waals surface area contributed by atoms with Crippen LogP contribution in [0.4, 0.5) is 0 Å². The van der Waals surface area contributed by atoms with E-state index in [2.05, 4.69) is 13.0 Å². The number of benzene rings is 1. The molecule has 6 atom stereocenters. The Kier molecular flexibility index (Phi) is 2.89. The number of phenols is 1. The molecule has 114 valence electrons. The second kappa shape index (κ2) is 4.47. The molecule has 0 amide bonds. The van der Waals surface area contributed by atoms with Gasteiger partial charge in [0.1, 0.15) is 5.75 Å². The van der Waals surface area contributed by atoms with E-state index in [1.165, 1.54) is 11.1 Å². The molecule has 3 aliphatic carbocycles. The molecule has 2 unspecified atom stereocenters. The van der Waals surface area contributed by atoms with E-state index in [0.29, 0.717) is 23.5 Å². The van der Waals surface area contributed by atoms with Crippen molar-refractivity contribution in [2.24, 2.45) is 17.3 Å². The average molecular weight is 288 g/mol. The van der Waals surface area contributed by atoms with Crippen LogP contribution in [0.5, 0.6) is 5.75 Å². The first-order chi connectivity index (χ1) is 10.0. The van der Waals surface area contributed by atoms with E-state index in [9.17, 15) is 15.3 Å². The van der Waals surface area contributed by atoms with Crippen LogP contribution in [-0.2, 0) is 6.42 Å². The third kappa shape index (κ3) is 1.80. The van der Waals surface area contributed by atoms with Crippen LogP contribution in [0.15, 0.2) is 18.2 Å². The van der Waals surface area contributed by atoms with Gasteiger partial charge in [-0.2, -0.15) is 0 Å². The molecule has 0 spiro atoms. The van der Waals surface area contributed by atoms with Gasteiger partial charge in [-0.25, -0.2) is 0 Å². The van der Waals surface area contributed by atoms with E-state index in [-0.39, 0.29) is 5.41 Å². The van der Waals surface area contributed by atoms with Crippen LogP contribution in [0.2, 0.25) is 0 Å². The Balaban J connectivity index is 1.71. The lowest BCUT2D eigenvalue weighted by Crippen LogP contribution is -2.44. The molecule has 21 heavy (non-hydrogen) atoms.